The topological polar surface area (TPSA) is 88.3 Å². The van der Waals surface area contributed by atoms with Gasteiger partial charge in [0.2, 0.25) is 5.91 Å². The molecule has 0 aliphatic carbocycles. The van der Waals surface area contributed by atoms with Gasteiger partial charge in [-0.05, 0) is 25.7 Å². The van der Waals surface area contributed by atoms with E-state index in [2.05, 4.69) is 17.2 Å². The lowest BCUT2D eigenvalue weighted by Gasteiger charge is -2.35. The molecule has 2 rings (SSSR count). The third-order valence-corrected chi connectivity index (χ3v) is 3.47. The highest BCUT2D eigenvalue weighted by atomic mass is 16.4. The van der Waals surface area contributed by atoms with Crippen LogP contribution in [0.15, 0.2) is 6.20 Å². The molecular formula is C12H18N4O3. The third kappa shape index (κ3) is 3.10. The Hall–Kier alpha value is -1.92. The van der Waals surface area contributed by atoms with E-state index in [4.69, 9.17) is 5.11 Å². The highest BCUT2D eigenvalue weighted by molar-refractivity contribution is 5.84. The van der Waals surface area contributed by atoms with E-state index in [9.17, 15) is 9.59 Å². The predicted octanol–water partition coefficient (Wildman–Crippen LogP) is 0.767. The van der Waals surface area contributed by atoms with Crippen molar-refractivity contribution in [1.82, 2.24) is 19.9 Å². The summed E-state index contributed by atoms with van der Waals surface area (Å²) in [5, 5.41) is 15.9. The molecule has 1 atom stereocenters. The van der Waals surface area contributed by atoms with Gasteiger partial charge in [-0.2, -0.15) is 0 Å². The van der Waals surface area contributed by atoms with E-state index in [0.717, 1.165) is 32.2 Å². The van der Waals surface area contributed by atoms with Gasteiger partial charge in [-0.1, -0.05) is 12.1 Å². The van der Waals surface area contributed by atoms with Gasteiger partial charge in [-0.25, -0.2) is 9.48 Å². The van der Waals surface area contributed by atoms with Gasteiger partial charge >= 0.3 is 5.97 Å². The van der Waals surface area contributed by atoms with Crippen LogP contribution < -0.4 is 0 Å². The molecule has 0 bridgehead atoms. The molecule has 1 unspecified atom stereocenters. The van der Waals surface area contributed by atoms with Gasteiger partial charge in [0.05, 0.1) is 6.20 Å². The molecule has 1 aromatic rings. The van der Waals surface area contributed by atoms with Crippen molar-refractivity contribution in [3.63, 3.8) is 0 Å². The zero-order chi connectivity index (χ0) is 13.8. The Labute approximate surface area is 111 Å². The molecule has 1 aromatic heterocycles. The number of aromatic nitrogens is 3. The van der Waals surface area contributed by atoms with Crippen LogP contribution in [0.3, 0.4) is 0 Å². The van der Waals surface area contributed by atoms with Crippen molar-refractivity contribution in [1.29, 1.82) is 0 Å². The molecule has 1 N–H and O–H groups in total. The van der Waals surface area contributed by atoms with Crippen LogP contribution in [-0.4, -0.2) is 49.5 Å². The Morgan fingerprint density at radius 1 is 1.47 bits per heavy atom. The van der Waals surface area contributed by atoms with Crippen LogP contribution in [0.5, 0.6) is 0 Å². The molecule has 1 aliphatic rings. The van der Waals surface area contributed by atoms with E-state index in [1.807, 2.05) is 4.90 Å². The lowest BCUT2D eigenvalue weighted by Crippen LogP contribution is -2.44. The highest BCUT2D eigenvalue weighted by Gasteiger charge is 2.25. The van der Waals surface area contributed by atoms with Crippen LogP contribution in [0.2, 0.25) is 0 Å². The normalized spacial score (nSPS) is 19.4. The minimum atomic E-state index is -1.14. The van der Waals surface area contributed by atoms with E-state index in [1.165, 1.54) is 10.9 Å². The summed E-state index contributed by atoms with van der Waals surface area (Å²) in [7, 11) is 0. The second kappa shape index (κ2) is 5.81. The summed E-state index contributed by atoms with van der Waals surface area (Å²) < 4.78 is 1.28. The standard InChI is InChI=1S/C12H18N4O3/c1-2-9-5-3-4-6-16(9)11(17)8-15-7-10(12(18)19)13-14-15/h7,9H,2-6,8H2,1H3,(H,18,19). The summed E-state index contributed by atoms with van der Waals surface area (Å²) in [5.74, 6) is -1.16. The van der Waals surface area contributed by atoms with Gasteiger partial charge in [0.25, 0.3) is 0 Å². The zero-order valence-corrected chi connectivity index (χ0v) is 10.9. The minimum absolute atomic E-state index is 0.0200. The van der Waals surface area contributed by atoms with E-state index >= 15 is 0 Å². The van der Waals surface area contributed by atoms with E-state index in [1.54, 1.807) is 0 Å². The molecule has 0 saturated carbocycles. The molecule has 7 nitrogen and oxygen atoms in total. The Bertz CT molecular complexity index is 471. The maximum absolute atomic E-state index is 12.2. The fourth-order valence-electron chi connectivity index (χ4n) is 2.46. The molecule has 2 heterocycles. The quantitative estimate of drug-likeness (QED) is 0.869. The molecule has 1 saturated heterocycles. The fraction of sp³-hybridized carbons (Fsp3) is 0.667. The van der Waals surface area contributed by atoms with Crippen molar-refractivity contribution >= 4 is 11.9 Å². The summed E-state index contributed by atoms with van der Waals surface area (Å²) in [6.07, 6.45) is 5.46. The monoisotopic (exact) mass is 266 g/mol. The summed E-state index contributed by atoms with van der Waals surface area (Å²) in [6, 6.07) is 0.295. The maximum atomic E-state index is 12.2. The Morgan fingerprint density at radius 3 is 2.89 bits per heavy atom. The van der Waals surface area contributed by atoms with Crippen LogP contribution in [0.4, 0.5) is 0 Å². The SMILES string of the molecule is CCC1CCCCN1C(=O)Cn1cc(C(=O)O)nn1. The molecule has 1 aliphatic heterocycles. The third-order valence-electron chi connectivity index (χ3n) is 3.47. The Morgan fingerprint density at radius 2 is 2.26 bits per heavy atom. The first kappa shape index (κ1) is 13.5. The number of aromatic carboxylic acids is 1. The first-order valence-electron chi connectivity index (χ1n) is 6.54. The van der Waals surface area contributed by atoms with Gasteiger partial charge in [0.15, 0.2) is 5.69 Å². The second-order valence-corrected chi connectivity index (χ2v) is 4.75. The largest absolute Gasteiger partial charge is 0.476 e. The van der Waals surface area contributed by atoms with E-state index in [0.29, 0.717) is 6.04 Å². The van der Waals surface area contributed by atoms with Gasteiger partial charge in [-0.3, -0.25) is 4.79 Å². The number of carbonyl (C=O) groups is 2. The van der Waals surface area contributed by atoms with Crippen molar-refractivity contribution in [2.45, 2.75) is 45.2 Å². The molecule has 104 valence electrons. The lowest BCUT2D eigenvalue weighted by atomic mass is 10.00. The van der Waals surface area contributed by atoms with Crippen LogP contribution in [0, 0.1) is 0 Å². The fourth-order valence-corrected chi connectivity index (χ4v) is 2.46. The van der Waals surface area contributed by atoms with Gasteiger partial charge in [-0.15, -0.1) is 5.10 Å². The maximum Gasteiger partial charge on any atom is 0.358 e. The van der Waals surface area contributed by atoms with Crippen LogP contribution in [0.1, 0.15) is 43.1 Å². The number of nitrogens with zero attached hydrogens (tertiary/aromatic N) is 4. The Balaban J connectivity index is 2.00. The van der Waals surface area contributed by atoms with Crippen molar-refractivity contribution in [2.75, 3.05) is 6.54 Å². The molecule has 0 radical (unpaired) electrons. The number of carboxylic acids is 1. The van der Waals surface area contributed by atoms with Crippen molar-refractivity contribution < 1.29 is 14.7 Å². The first-order chi connectivity index (χ1) is 9.11. The number of carbonyl (C=O) groups excluding carboxylic acids is 1. The van der Waals surface area contributed by atoms with Crippen molar-refractivity contribution in [3.05, 3.63) is 11.9 Å². The smallest absolute Gasteiger partial charge is 0.358 e. The summed E-state index contributed by atoms with van der Waals surface area (Å²) in [4.78, 5) is 24.8. The molecule has 19 heavy (non-hydrogen) atoms. The number of carboxylic acid groups (broad SMARTS) is 1. The summed E-state index contributed by atoms with van der Waals surface area (Å²) in [6.45, 7) is 2.91. The van der Waals surface area contributed by atoms with Crippen LogP contribution in [-0.2, 0) is 11.3 Å². The highest BCUT2D eigenvalue weighted by Crippen LogP contribution is 2.19. The average Bonchev–Trinajstić information content (AvgIpc) is 2.87. The first-order valence-corrected chi connectivity index (χ1v) is 6.54. The van der Waals surface area contributed by atoms with Gasteiger partial charge in [0.1, 0.15) is 6.54 Å². The van der Waals surface area contributed by atoms with E-state index in [-0.39, 0.29) is 18.1 Å². The summed E-state index contributed by atoms with van der Waals surface area (Å²) in [5.41, 5.74) is -0.140. The number of hydrogen-bond donors (Lipinski definition) is 1. The molecule has 0 aromatic carbocycles. The minimum Gasteiger partial charge on any atom is -0.476 e. The zero-order valence-electron chi connectivity index (χ0n) is 10.9. The Kier molecular flexibility index (Phi) is 4.13. The van der Waals surface area contributed by atoms with Crippen LogP contribution in [0.25, 0.3) is 0 Å². The molecule has 1 fully saturated rings. The van der Waals surface area contributed by atoms with Gasteiger partial charge in [0, 0.05) is 12.6 Å². The molecule has 7 heteroatoms. The van der Waals surface area contributed by atoms with Crippen LogP contribution >= 0.6 is 0 Å². The van der Waals surface area contributed by atoms with Crippen molar-refractivity contribution in [3.8, 4) is 0 Å². The lowest BCUT2D eigenvalue weighted by molar-refractivity contribution is -0.135. The molecule has 0 spiro atoms. The molecular weight excluding hydrogens is 248 g/mol. The second-order valence-electron chi connectivity index (χ2n) is 4.75. The molecule has 1 amide bonds. The van der Waals surface area contributed by atoms with Crippen molar-refractivity contribution in [2.24, 2.45) is 0 Å². The average molecular weight is 266 g/mol. The number of hydrogen-bond acceptors (Lipinski definition) is 4. The predicted molar refractivity (Wildman–Crippen MR) is 66.6 cm³/mol. The number of amides is 1. The summed E-state index contributed by atoms with van der Waals surface area (Å²) >= 11 is 0. The number of likely N-dealkylation sites (tertiary alicyclic amines) is 1. The van der Waals surface area contributed by atoms with E-state index < -0.39 is 5.97 Å². The van der Waals surface area contributed by atoms with Gasteiger partial charge < -0.3 is 10.0 Å². The number of rotatable bonds is 4. The number of piperidine rings is 1.